The fourth-order valence-electron chi connectivity index (χ4n) is 6.98. The first-order valence-corrected chi connectivity index (χ1v) is 19.2. The Kier molecular flexibility index (Phi) is 11.7. The van der Waals surface area contributed by atoms with Crippen LogP contribution in [0.25, 0.3) is 0 Å². The van der Waals surface area contributed by atoms with Crippen molar-refractivity contribution < 1.29 is 37.1 Å². The standard InChI is InChI=1S/C38H51N5O8S/c1-25(2)30-22-38(30,35(46)41-52(48,49)42(6)27-17-11-8-12-18-27)40-33(44)31-21-29(50-24-26-15-9-7-10-16-26)23-43(31)34(45)32(37(3,4)5)39-36(47)51-28-19-13-14-20-28/h7-12,15-18,28-32H,1,13-14,19-24H2,2-6H3,(H,39,47)(H,40,44)(H,41,46)/t29-,30+,31+,32-,38-/m1/s1. The molecule has 5 rings (SSSR count). The summed E-state index contributed by atoms with van der Waals surface area (Å²) < 4.78 is 41.6. The molecule has 2 aromatic rings. The second-order valence-electron chi connectivity index (χ2n) is 15.2. The number of carbonyl (C=O) groups excluding carboxylic acids is 4. The van der Waals surface area contributed by atoms with Gasteiger partial charge in [-0.15, -0.1) is 0 Å². The Balaban J connectivity index is 1.38. The van der Waals surface area contributed by atoms with Gasteiger partial charge in [0.2, 0.25) is 11.8 Å². The molecule has 13 nitrogen and oxygen atoms in total. The van der Waals surface area contributed by atoms with Gasteiger partial charge in [0.15, 0.2) is 0 Å². The Bertz CT molecular complexity index is 1740. The van der Waals surface area contributed by atoms with Gasteiger partial charge >= 0.3 is 16.3 Å². The number of para-hydroxylation sites is 1. The van der Waals surface area contributed by atoms with Crippen molar-refractivity contribution in [2.45, 2.75) is 103 Å². The van der Waals surface area contributed by atoms with Crippen molar-refractivity contribution >= 4 is 39.7 Å². The molecule has 3 aliphatic rings. The highest BCUT2D eigenvalue weighted by atomic mass is 32.2. The SMILES string of the molecule is C=C(C)[C@@H]1C[C@]1(NC(=O)[C@@H]1C[C@@H](OCc2ccccc2)CN1C(=O)[C@@H](NC(=O)OC1CCCC1)C(C)(C)C)C(=O)NS(=O)(=O)N(C)c1ccccc1. The van der Waals surface area contributed by atoms with Crippen LogP contribution in [0.15, 0.2) is 72.8 Å². The van der Waals surface area contributed by atoms with Gasteiger partial charge in [0.05, 0.1) is 18.4 Å². The molecule has 1 heterocycles. The largest absolute Gasteiger partial charge is 0.446 e. The van der Waals surface area contributed by atoms with Gasteiger partial charge in [0.25, 0.3) is 5.91 Å². The Labute approximate surface area is 306 Å². The van der Waals surface area contributed by atoms with E-state index in [-0.39, 0.29) is 32.1 Å². The smallest absolute Gasteiger partial charge is 0.408 e. The minimum absolute atomic E-state index is 0.0506. The predicted octanol–water partition coefficient (Wildman–Crippen LogP) is 4.20. The van der Waals surface area contributed by atoms with Gasteiger partial charge in [0.1, 0.15) is 23.7 Å². The molecule has 0 aromatic heterocycles. The van der Waals surface area contributed by atoms with Gasteiger partial charge in [-0.25, -0.2) is 9.52 Å². The highest BCUT2D eigenvalue weighted by molar-refractivity contribution is 7.91. The molecule has 1 saturated heterocycles. The summed E-state index contributed by atoms with van der Waals surface area (Å²) in [5.41, 5.74) is -0.540. The molecule has 0 bridgehead atoms. The van der Waals surface area contributed by atoms with E-state index in [0.29, 0.717) is 11.3 Å². The molecule has 0 unspecified atom stereocenters. The van der Waals surface area contributed by atoms with Crippen molar-refractivity contribution in [3.05, 3.63) is 78.4 Å². The van der Waals surface area contributed by atoms with Crippen molar-refractivity contribution in [3.63, 3.8) is 0 Å². The average molecular weight is 738 g/mol. The van der Waals surface area contributed by atoms with Crippen LogP contribution in [0.4, 0.5) is 10.5 Å². The maximum Gasteiger partial charge on any atom is 0.408 e. The molecule has 52 heavy (non-hydrogen) atoms. The number of anilines is 1. The Morgan fingerprint density at radius 1 is 1.00 bits per heavy atom. The number of nitrogens with zero attached hydrogens (tertiary/aromatic N) is 2. The Morgan fingerprint density at radius 2 is 1.62 bits per heavy atom. The zero-order valence-corrected chi connectivity index (χ0v) is 31.4. The quantitative estimate of drug-likeness (QED) is 0.258. The summed E-state index contributed by atoms with van der Waals surface area (Å²) in [6, 6.07) is 15.6. The van der Waals surface area contributed by atoms with Gasteiger partial charge in [-0.3, -0.25) is 18.7 Å². The lowest BCUT2D eigenvalue weighted by molar-refractivity contribution is -0.143. The third-order valence-corrected chi connectivity index (χ3v) is 11.5. The van der Waals surface area contributed by atoms with E-state index in [1.54, 1.807) is 37.3 Å². The Hall–Kier alpha value is -4.43. The average Bonchev–Trinajstić information content (AvgIpc) is 3.38. The van der Waals surface area contributed by atoms with Crippen LogP contribution < -0.4 is 19.7 Å². The van der Waals surface area contributed by atoms with Crippen molar-refractivity contribution in [1.29, 1.82) is 0 Å². The molecular weight excluding hydrogens is 687 g/mol. The number of rotatable bonds is 13. The van der Waals surface area contributed by atoms with E-state index < -0.39 is 69.1 Å². The fourth-order valence-corrected chi connectivity index (χ4v) is 7.94. The molecule has 282 valence electrons. The lowest BCUT2D eigenvalue weighted by Crippen LogP contribution is -2.60. The molecule has 0 radical (unpaired) electrons. The van der Waals surface area contributed by atoms with Crippen molar-refractivity contribution in [2.75, 3.05) is 17.9 Å². The van der Waals surface area contributed by atoms with Crippen LogP contribution in [0.3, 0.4) is 0 Å². The van der Waals surface area contributed by atoms with Gasteiger partial charge < -0.3 is 25.0 Å². The van der Waals surface area contributed by atoms with E-state index in [1.165, 1.54) is 11.9 Å². The zero-order valence-electron chi connectivity index (χ0n) is 30.6. The summed E-state index contributed by atoms with van der Waals surface area (Å²) in [7, 11) is -3.04. The van der Waals surface area contributed by atoms with E-state index in [9.17, 15) is 27.6 Å². The second-order valence-corrected chi connectivity index (χ2v) is 16.9. The Morgan fingerprint density at radius 3 is 2.19 bits per heavy atom. The normalized spacial score (nSPS) is 23.7. The number of alkyl carbamates (subject to hydrolysis) is 1. The second kappa shape index (κ2) is 15.7. The zero-order chi connectivity index (χ0) is 37.8. The molecule has 5 atom stereocenters. The molecular formula is C38H51N5O8S. The molecule has 3 N–H and O–H groups in total. The molecule has 1 aliphatic heterocycles. The summed E-state index contributed by atoms with van der Waals surface area (Å²) in [6.45, 7) is 11.4. The number of carbonyl (C=O) groups is 4. The first-order valence-electron chi connectivity index (χ1n) is 17.8. The summed E-state index contributed by atoms with van der Waals surface area (Å²) in [5.74, 6) is -2.60. The van der Waals surface area contributed by atoms with Crippen LogP contribution in [0, 0.1) is 11.3 Å². The van der Waals surface area contributed by atoms with E-state index >= 15 is 0 Å². The molecule has 3 fully saturated rings. The first-order chi connectivity index (χ1) is 24.5. The fraction of sp³-hybridized carbons (Fsp3) is 0.526. The predicted molar refractivity (Wildman–Crippen MR) is 196 cm³/mol. The van der Waals surface area contributed by atoms with Crippen LogP contribution in [0.1, 0.15) is 71.8 Å². The maximum absolute atomic E-state index is 14.4. The van der Waals surface area contributed by atoms with Crippen molar-refractivity contribution in [3.8, 4) is 0 Å². The van der Waals surface area contributed by atoms with Gasteiger partial charge in [0, 0.05) is 25.9 Å². The number of likely N-dealkylation sites (tertiary alicyclic amines) is 1. The minimum atomic E-state index is -4.36. The number of ether oxygens (including phenoxy) is 2. The highest BCUT2D eigenvalue weighted by Gasteiger charge is 2.63. The molecule has 4 amide bonds. The molecule has 2 aliphatic carbocycles. The summed E-state index contributed by atoms with van der Waals surface area (Å²) in [5, 5.41) is 5.60. The lowest BCUT2D eigenvalue weighted by Gasteiger charge is -2.35. The molecule has 2 aromatic carbocycles. The van der Waals surface area contributed by atoms with E-state index in [4.69, 9.17) is 9.47 Å². The van der Waals surface area contributed by atoms with Gasteiger partial charge in [-0.05, 0) is 62.1 Å². The number of nitrogens with one attached hydrogen (secondary N) is 3. The molecule has 0 spiro atoms. The number of hydrogen-bond donors (Lipinski definition) is 3. The van der Waals surface area contributed by atoms with Crippen molar-refractivity contribution in [2.24, 2.45) is 11.3 Å². The topological polar surface area (TPSA) is 163 Å². The van der Waals surface area contributed by atoms with Gasteiger partial charge in [-0.2, -0.15) is 8.42 Å². The van der Waals surface area contributed by atoms with E-state index in [1.807, 2.05) is 51.1 Å². The molecule has 14 heteroatoms. The number of amides is 4. The van der Waals surface area contributed by atoms with E-state index in [2.05, 4.69) is 21.9 Å². The summed E-state index contributed by atoms with van der Waals surface area (Å²) in [4.78, 5) is 57.0. The van der Waals surface area contributed by atoms with Crippen LogP contribution in [-0.4, -0.2) is 80.6 Å². The van der Waals surface area contributed by atoms with Crippen LogP contribution in [0.2, 0.25) is 0 Å². The van der Waals surface area contributed by atoms with Crippen LogP contribution >= 0.6 is 0 Å². The maximum atomic E-state index is 14.4. The first kappa shape index (κ1) is 38.8. The number of hydrogen-bond acceptors (Lipinski definition) is 8. The van der Waals surface area contributed by atoms with Gasteiger partial charge in [-0.1, -0.05) is 81.5 Å². The molecule has 2 saturated carbocycles. The van der Waals surface area contributed by atoms with Crippen LogP contribution in [0.5, 0.6) is 0 Å². The van der Waals surface area contributed by atoms with Crippen LogP contribution in [-0.2, 0) is 40.7 Å². The highest BCUT2D eigenvalue weighted by Crippen LogP contribution is 2.48. The minimum Gasteiger partial charge on any atom is -0.446 e. The third-order valence-electron chi connectivity index (χ3n) is 10.1. The number of benzene rings is 2. The summed E-state index contributed by atoms with van der Waals surface area (Å²) >= 11 is 0. The monoisotopic (exact) mass is 737 g/mol. The summed E-state index contributed by atoms with van der Waals surface area (Å²) in [6.07, 6.45) is 2.24. The van der Waals surface area contributed by atoms with Crippen molar-refractivity contribution in [1.82, 2.24) is 20.3 Å². The lowest BCUT2D eigenvalue weighted by atomic mass is 9.85. The van der Waals surface area contributed by atoms with E-state index in [0.717, 1.165) is 35.6 Å². The third kappa shape index (κ3) is 8.95.